The molecule has 1 amide bonds. The summed E-state index contributed by atoms with van der Waals surface area (Å²) in [6.07, 6.45) is -1.86. The standard InChI is InChI=1S/C21H21F3N4O2.CH2O2/c1-2-26-20(9-4-10-20)17-5-3-6-18(27-17)28-15-12-14(30-21(22,23)24)8-7-13(15)11-16(28)19(25)29;2-1-3/h3,5-8,11-12,26H,2,4,9-10H2,1H3,(H2,25,29);1H,(H,2,3). The Balaban J connectivity index is 0.000000968. The molecule has 176 valence electrons. The van der Waals surface area contributed by atoms with E-state index in [1.165, 1.54) is 28.8 Å². The van der Waals surface area contributed by atoms with Crippen molar-refractivity contribution in [2.75, 3.05) is 6.54 Å². The van der Waals surface area contributed by atoms with Crippen molar-refractivity contribution in [3.05, 3.63) is 53.9 Å². The zero-order valence-electron chi connectivity index (χ0n) is 17.7. The number of aromatic nitrogens is 2. The lowest BCUT2D eigenvalue weighted by Crippen LogP contribution is -2.48. The molecule has 33 heavy (non-hydrogen) atoms. The molecule has 0 atom stereocenters. The van der Waals surface area contributed by atoms with Crippen LogP contribution in [0.3, 0.4) is 0 Å². The Labute approximate surface area is 187 Å². The van der Waals surface area contributed by atoms with Gasteiger partial charge in [0.15, 0.2) is 0 Å². The molecule has 0 saturated heterocycles. The summed E-state index contributed by atoms with van der Waals surface area (Å²) in [6.45, 7) is 2.56. The number of nitrogens with one attached hydrogen (secondary N) is 1. The van der Waals surface area contributed by atoms with Crippen LogP contribution < -0.4 is 15.8 Å². The third-order valence-electron chi connectivity index (χ3n) is 5.44. The Hall–Kier alpha value is -3.60. The SMILES string of the molecule is CCNC1(c2cccc(-n3c(C(N)=O)cc4ccc(OC(F)(F)F)cc43)n2)CCC1.O=CO. The number of pyridine rings is 1. The number of amides is 1. The number of carboxylic acid groups (broad SMARTS) is 1. The molecule has 1 aliphatic carbocycles. The van der Waals surface area contributed by atoms with Crippen molar-refractivity contribution in [2.45, 2.75) is 38.1 Å². The Bertz CT molecular complexity index is 1160. The second-order valence-corrected chi connectivity index (χ2v) is 7.45. The van der Waals surface area contributed by atoms with E-state index < -0.39 is 12.3 Å². The number of primary amides is 1. The fourth-order valence-corrected chi connectivity index (χ4v) is 4.01. The van der Waals surface area contributed by atoms with Gasteiger partial charge in [-0.25, -0.2) is 4.98 Å². The predicted octanol–water partition coefficient (Wildman–Crippen LogP) is 3.71. The van der Waals surface area contributed by atoms with Crippen LogP contribution in [0.5, 0.6) is 5.75 Å². The van der Waals surface area contributed by atoms with E-state index in [9.17, 15) is 18.0 Å². The van der Waals surface area contributed by atoms with E-state index in [0.717, 1.165) is 31.5 Å². The maximum atomic E-state index is 12.7. The Morgan fingerprint density at radius 2 is 2.00 bits per heavy atom. The van der Waals surface area contributed by atoms with E-state index >= 15 is 0 Å². The molecular formula is C22H23F3N4O4. The highest BCUT2D eigenvalue weighted by molar-refractivity contribution is 5.99. The zero-order chi connectivity index (χ0) is 24.2. The van der Waals surface area contributed by atoms with Crippen LogP contribution in [0.25, 0.3) is 16.7 Å². The summed E-state index contributed by atoms with van der Waals surface area (Å²) in [5, 5.41) is 10.9. The zero-order valence-corrected chi connectivity index (χ0v) is 17.7. The number of carbonyl (C=O) groups is 2. The molecule has 0 bridgehead atoms. The van der Waals surface area contributed by atoms with Crippen LogP contribution >= 0.6 is 0 Å². The van der Waals surface area contributed by atoms with Crippen molar-refractivity contribution in [3.63, 3.8) is 0 Å². The van der Waals surface area contributed by atoms with Crippen LogP contribution in [-0.2, 0) is 10.3 Å². The van der Waals surface area contributed by atoms with Crippen LogP contribution in [0.2, 0.25) is 0 Å². The number of hydrogen-bond donors (Lipinski definition) is 3. The van der Waals surface area contributed by atoms with Gasteiger partial charge in [0, 0.05) is 11.5 Å². The summed E-state index contributed by atoms with van der Waals surface area (Å²) in [4.78, 5) is 25.2. The fraction of sp³-hybridized carbons (Fsp3) is 0.318. The number of hydrogen-bond acceptors (Lipinski definition) is 5. The van der Waals surface area contributed by atoms with Crippen LogP contribution in [0, 0.1) is 0 Å². The second-order valence-electron chi connectivity index (χ2n) is 7.45. The van der Waals surface area contributed by atoms with Crippen molar-refractivity contribution in [1.29, 1.82) is 0 Å². The van der Waals surface area contributed by atoms with E-state index in [2.05, 4.69) is 10.1 Å². The lowest BCUT2D eigenvalue weighted by Gasteiger charge is -2.42. The summed E-state index contributed by atoms with van der Waals surface area (Å²) in [6, 6.07) is 10.9. The molecule has 8 nitrogen and oxygen atoms in total. The number of rotatable bonds is 6. The highest BCUT2D eigenvalue weighted by Crippen LogP contribution is 2.40. The van der Waals surface area contributed by atoms with Gasteiger partial charge in [-0.1, -0.05) is 13.0 Å². The van der Waals surface area contributed by atoms with Gasteiger partial charge in [-0.15, -0.1) is 13.2 Å². The van der Waals surface area contributed by atoms with E-state index in [0.29, 0.717) is 16.7 Å². The first-order valence-electron chi connectivity index (χ1n) is 10.2. The normalized spacial score (nSPS) is 14.7. The Kier molecular flexibility index (Phi) is 6.92. The van der Waals surface area contributed by atoms with Gasteiger partial charge in [0.2, 0.25) is 0 Å². The molecule has 0 aliphatic heterocycles. The summed E-state index contributed by atoms with van der Waals surface area (Å²) in [7, 11) is 0. The molecule has 2 heterocycles. The maximum absolute atomic E-state index is 12.7. The average Bonchev–Trinajstić information content (AvgIpc) is 3.09. The number of benzene rings is 1. The molecular weight excluding hydrogens is 441 g/mol. The fourth-order valence-electron chi connectivity index (χ4n) is 4.01. The molecule has 0 spiro atoms. The molecule has 1 fully saturated rings. The third-order valence-corrected chi connectivity index (χ3v) is 5.44. The number of fused-ring (bicyclic) bond motifs is 1. The van der Waals surface area contributed by atoms with Gasteiger partial charge in [0.25, 0.3) is 12.4 Å². The van der Waals surface area contributed by atoms with Crippen LogP contribution in [-0.4, -0.2) is 39.9 Å². The lowest BCUT2D eigenvalue weighted by molar-refractivity contribution is -0.274. The van der Waals surface area contributed by atoms with E-state index in [-0.39, 0.29) is 23.5 Å². The molecule has 1 aromatic carbocycles. The van der Waals surface area contributed by atoms with Gasteiger partial charge in [-0.3, -0.25) is 14.2 Å². The molecule has 11 heteroatoms. The smallest absolute Gasteiger partial charge is 0.483 e. The summed E-state index contributed by atoms with van der Waals surface area (Å²) in [5.74, 6) is -0.684. The summed E-state index contributed by atoms with van der Waals surface area (Å²) in [5.41, 5.74) is 6.63. The number of carbonyl (C=O) groups excluding carboxylic acids is 1. The summed E-state index contributed by atoms with van der Waals surface area (Å²) < 4.78 is 43.6. The first-order chi connectivity index (χ1) is 15.6. The first-order valence-corrected chi connectivity index (χ1v) is 10.2. The predicted molar refractivity (Wildman–Crippen MR) is 114 cm³/mol. The number of nitrogens with zero attached hydrogens (tertiary/aromatic N) is 2. The lowest BCUT2D eigenvalue weighted by atomic mass is 9.74. The van der Waals surface area contributed by atoms with Crippen molar-refractivity contribution < 1.29 is 32.6 Å². The van der Waals surface area contributed by atoms with Gasteiger partial charge in [-0.2, -0.15) is 0 Å². The number of alkyl halides is 3. The number of halogens is 3. The highest BCUT2D eigenvalue weighted by Gasteiger charge is 2.39. The number of nitrogens with two attached hydrogens (primary N) is 1. The van der Waals surface area contributed by atoms with E-state index in [1.807, 2.05) is 19.1 Å². The average molecular weight is 464 g/mol. The van der Waals surface area contributed by atoms with E-state index in [1.54, 1.807) is 6.07 Å². The molecule has 3 aromatic rings. The maximum Gasteiger partial charge on any atom is 0.573 e. The minimum Gasteiger partial charge on any atom is -0.483 e. The van der Waals surface area contributed by atoms with Gasteiger partial charge in [0.05, 0.1) is 16.7 Å². The van der Waals surface area contributed by atoms with Gasteiger partial charge in [0.1, 0.15) is 17.3 Å². The largest absolute Gasteiger partial charge is 0.573 e. The minimum absolute atomic E-state index is 0.130. The van der Waals surface area contributed by atoms with Crippen LogP contribution in [0.1, 0.15) is 42.4 Å². The molecule has 0 unspecified atom stereocenters. The first kappa shape index (κ1) is 24.1. The van der Waals surface area contributed by atoms with Crippen molar-refractivity contribution in [2.24, 2.45) is 5.73 Å². The van der Waals surface area contributed by atoms with Crippen molar-refractivity contribution in [1.82, 2.24) is 14.9 Å². The second kappa shape index (κ2) is 9.49. The third kappa shape index (κ3) is 5.08. The molecule has 1 aliphatic rings. The van der Waals surface area contributed by atoms with Gasteiger partial charge >= 0.3 is 6.36 Å². The molecule has 2 aromatic heterocycles. The monoisotopic (exact) mass is 464 g/mol. The highest BCUT2D eigenvalue weighted by atomic mass is 19.4. The van der Waals surface area contributed by atoms with Crippen molar-refractivity contribution >= 4 is 23.3 Å². The quantitative estimate of drug-likeness (QED) is 0.479. The van der Waals surface area contributed by atoms with E-state index in [4.69, 9.17) is 20.6 Å². The van der Waals surface area contributed by atoms with Crippen LogP contribution in [0.15, 0.2) is 42.5 Å². The Morgan fingerprint density at radius 3 is 2.55 bits per heavy atom. The van der Waals surface area contributed by atoms with Crippen LogP contribution in [0.4, 0.5) is 13.2 Å². The topological polar surface area (TPSA) is 119 Å². The molecule has 0 radical (unpaired) electrons. The van der Waals surface area contributed by atoms with Gasteiger partial charge in [-0.05, 0) is 56.1 Å². The van der Waals surface area contributed by atoms with Crippen molar-refractivity contribution in [3.8, 4) is 11.6 Å². The Morgan fingerprint density at radius 1 is 1.30 bits per heavy atom. The molecule has 4 N–H and O–H groups in total. The minimum atomic E-state index is -4.82. The summed E-state index contributed by atoms with van der Waals surface area (Å²) >= 11 is 0. The molecule has 4 rings (SSSR count). The number of ether oxygens (including phenoxy) is 1. The van der Waals surface area contributed by atoms with Gasteiger partial charge < -0.3 is 20.9 Å². The molecule has 1 saturated carbocycles.